The van der Waals surface area contributed by atoms with E-state index in [0.717, 1.165) is 44.9 Å². The van der Waals surface area contributed by atoms with Gasteiger partial charge in [-0.15, -0.1) is 0 Å². The zero-order chi connectivity index (χ0) is 13.0. The molecule has 2 unspecified atom stereocenters. The Kier molecular flexibility index (Phi) is 4.62. The Morgan fingerprint density at radius 2 is 1.89 bits per heavy atom. The van der Waals surface area contributed by atoms with Crippen LogP contribution in [0.1, 0.15) is 51.4 Å². The van der Waals surface area contributed by atoms with Crippen LogP contribution >= 0.6 is 0 Å². The summed E-state index contributed by atoms with van der Waals surface area (Å²) in [6.07, 6.45) is 8.37. The van der Waals surface area contributed by atoms with Gasteiger partial charge in [0, 0.05) is 5.92 Å². The topological polar surface area (TPSA) is 75.4 Å². The van der Waals surface area contributed by atoms with Crippen molar-refractivity contribution in [2.45, 2.75) is 56.9 Å². The minimum Gasteiger partial charge on any atom is -0.394 e. The van der Waals surface area contributed by atoms with Crippen molar-refractivity contribution >= 4 is 5.91 Å². The number of carbonyl (C=O) groups excluding carboxylic acids is 1. The summed E-state index contributed by atoms with van der Waals surface area (Å²) < 4.78 is 0. The van der Waals surface area contributed by atoms with E-state index in [9.17, 15) is 9.90 Å². The van der Waals surface area contributed by atoms with Crippen LogP contribution in [0.15, 0.2) is 0 Å². The summed E-state index contributed by atoms with van der Waals surface area (Å²) in [6.45, 7) is 0.670. The normalized spacial score (nSPS) is 31.2. The highest BCUT2D eigenvalue weighted by atomic mass is 16.3. The van der Waals surface area contributed by atoms with Crippen LogP contribution < -0.4 is 11.1 Å². The van der Waals surface area contributed by atoms with E-state index < -0.39 is 0 Å². The minimum absolute atomic E-state index is 0.0628. The van der Waals surface area contributed by atoms with Crippen LogP contribution in [0.5, 0.6) is 0 Å². The molecule has 4 N–H and O–H groups in total. The van der Waals surface area contributed by atoms with Crippen molar-refractivity contribution < 1.29 is 9.90 Å². The van der Waals surface area contributed by atoms with Crippen LogP contribution in [-0.4, -0.2) is 29.7 Å². The first-order valence-corrected chi connectivity index (χ1v) is 7.34. The fraction of sp³-hybridized carbons (Fsp3) is 0.929. The maximum Gasteiger partial charge on any atom is 0.223 e. The first-order valence-electron chi connectivity index (χ1n) is 7.34. The minimum atomic E-state index is -0.340. The van der Waals surface area contributed by atoms with Crippen LogP contribution in [0, 0.1) is 11.8 Å². The lowest BCUT2D eigenvalue weighted by Crippen LogP contribution is -2.53. The molecule has 0 saturated heterocycles. The monoisotopic (exact) mass is 254 g/mol. The molecule has 0 radical (unpaired) electrons. The van der Waals surface area contributed by atoms with E-state index in [0.29, 0.717) is 12.5 Å². The Morgan fingerprint density at radius 3 is 2.50 bits per heavy atom. The Labute approximate surface area is 109 Å². The predicted octanol–water partition coefficient (Wildman–Crippen LogP) is 1.17. The highest BCUT2D eigenvalue weighted by Crippen LogP contribution is 2.33. The molecular formula is C14H26N2O2. The molecule has 4 nitrogen and oxygen atoms in total. The van der Waals surface area contributed by atoms with Gasteiger partial charge in [-0.3, -0.25) is 4.79 Å². The molecule has 2 fully saturated rings. The SMILES string of the molecule is NCC1CCCCC1C(=O)NC1(CO)CCCC1. The number of hydrogen-bond acceptors (Lipinski definition) is 3. The van der Waals surface area contributed by atoms with E-state index in [1.807, 2.05) is 0 Å². The molecule has 2 aliphatic rings. The molecule has 2 aliphatic carbocycles. The van der Waals surface area contributed by atoms with E-state index in [1.54, 1.807) is 0 Å². The molecule has 0 aromatic heterocycles. The smallest absolute Gasteiger partial charge is 0.223 e. The van der Waals surface area contributed by atoms with E-state index >= 15 is 0 Å². The molecule has 0 aromatic rings. The van der Waals surface area contributed by atoms with Crippen molar-refractivity contribution in [2.75, 3.05) is 13.2 Å². The number of amides is 1. The maximum absolute atomic E-state index is 12.4. The second-order valence-electron chi connectivity index (χ2n) is 6.02. The Morgan fingerprint density at radius 1 is 1.22 bits per heavy atom. The number of carbonyl (C=O) groups is 1. The van der Waals surface area contributed by atoms with Crippen molar-refractivity contribution in [1.29, 1.82) is 0 Å². The largest absolute Gasteiger partial charge is 0.394 e. The van der Waals surface area contributed by atoms with Gasteiger partial charge in [0.15, 0.2) is 0 Å². The number of rotatable bonds is 4. The van der Waals surface area contributed by atoms with Gasteiger partial charge in [-0.2, -0.15) is 0 Å². The zero-order valence-electron chi connectivity index (χ0n) is 11.2. The predicted molar refractivity (Wildman–Crippen MR) is 70.9 cm³/mol. The number of nitrogens with one attached hydrogen (secondary N) is 1. The second-order valence-corrected chi connectivity index (χ2v) is 6.02. The first-order chi connectivity index (χ1) is 8.71. The van der Waals surface area contributed by atoms with E-state index in [2.05, 4.69) is 5.32 Å². The Balaban J connectivity index is 1.97. The van der Waals surface area contributed by atoms with E-state index in [-0.39, 0.29) is 24.0 Å². The summed E-state index contributed by atoms with van der Waals surface area (Å²) in [5.74, 6) is 0.518. The molecule has 104 valence electrons. The van der Waals surface area contributed by atoms with Crippen LogP contribution in [0.25, 0.3) is 0 Å². The van der Waals surface area contributed by atoms with E-state index in [4.69, 9.17) is 5.73 Å². The van der Waals surface area contributed by atoms with Gasteiger partial charge in [-0.05, 0) is 38.1 Å². The molecule has 0 spiro atoms. The first kappa shape index (κ1) is 13.8. The number of hydrogen-bond donors (Lipinski definition) is 3. The molecule has 4 heteroatoms. The quantitative estimate of drug-likeness (QED) is 0.705. The Hall–Kier alpha value is -0.610. The Bertz CT molecular complexity index is 288. The lowest BCUT2D eigenvalue weighted by Gasteiger charge is -2.34. The zero-order valence-corrected chi connectivity index (χ0v) is 11.2. The van der Waals surface area contributed by atoms with Crippen molar-refractivity contribution in [1.82, 2.24) is 5.32 Å². The fourth-order valence-corrected chi connectivity index (χ4v) is 3.56. The molecule has 0 aromatic carbocycles. The van der Waals surface area contributed by atoms with Crippen LogP contribution in [0.3, 0.4) is 0 Å². The van der Waals surface area contributed by atoms with Crippen molar-refractivity contribution in [2.24, 2.45) is 17.6 Å². The molecule has 18 heavy (non-hydrogen) atoms. The molecule has 2 atom stereocenters. The molecule has 0 aliphatic heterocycles. The van der Waals surface area contributed by atoms with Gasteiger partial charge in [-0.25, -0.2) is 0 Å². The highest BCUT2D eigenvalue weighted by molar-refractivity contribution is 5.80. The molecule has 2 saturated carbocycles. The molecule has 2 rings (SSSR count). The highest BCUT2D eigenvalue weighted by Gasteiger charge is 2.38. The van der Waals surface area contributed by atoms with Crippen LogP contribution in [-0.2, 0) is 4.79 Å². The van der Waals surface area contributed by atoms with Gasteiger partial charge in [-0.1, -0.05) is 25.7 Å². The lowest BCUT2D eigenvalue weighted by molar-refractivity contribution is -0.130. The van der Waals surface area contributed by atoms with Crippen molar-refractivity contribution in [3.05, 3.63) is 0 Å². The summed E-state index contributed by atoms with van der Waals surface area (Å²) in [4.78, 5) is 12.4. The van der Waals surface area contributed by atoms with Gasteiger partial charge in [0.05, 0.1) is 12.1 Å². The van der Waals surface area contributed by atoms with Gasteiger partial charge < -0.3 is 16.2 Å². The summed E-state index contributed by atoms with van der Waals surface area (Å²) in [6, 6.07) is 0. The summed E-state index contributed by atoms with van der Waals surface area (Å²) in [5.41, 5.74) is 5.44. The molecule has 1 amide bonds. The van der Waals surface area contributed by atoms with Gasteiger partial charge >= 0.3 is 0 Å². The van der Waals surface area contributed by atoms with Crippen LogP contribution in [0.4, 0.5) is 0 Å². The fourth-order valence-electron chi connectivity index (χ4n) is 3.56. The summed E-state index contributed by atoms with van der Waals surface area (Å²) in [7, 11) is 0. The average molecular weight is 254 g/mol. The lowest BCUT2D eigenvalue weighted by atomic mass is 9.78. The van der Waals surface area contributed by atoms with Gasteiger partial charge in [0.2, 0.25) is 5.91 Å². The second kappa shape index (κ2) is 6.02. The van der Waals surface area contributed by atoms with Gasteiger partial charge in [0.25, 0.3) is 0 Å². The maximum atomic E-state index is 12.4. The third-order valence-electron chi connectivity index (χ3n) is 4.80. The number of aliphatic hydroxyl groups excluding tert-OH is 1. The third-order valence-corrected chi connectivity index (χ3v) is 4.80. The number of aliphatic hydroxyl groups is 1. The summed E-state index contributed by atoms with van der Waals surface area (Å²) in [5, 5.41) is 12.7. The average Bonchev–Trinajstić information content (AvgIpc) is 2.87. The van der Waals surface area contributed by atoms with Crippen LogP contribution in [0.2, 0.25) is 0 Å². The van der Waals surface area contributed by atoms with Gasteiger partial charge in [0.1, 0.15) is 0 Å². The van der Waals surface area contributed by atoms with Crippen molar-refractivity contribution in [3.8, 4) is 0 Å². The van der Waals surface area contributed by atoms with Crippen molar-refractivity contribution in [3.63, 3.8) is 0 Å². The molecule has 0 bridgehead atoms. The number of nitrogens with two attached hydrogens (primary N) is 1. The van der Waals surface area contributed by atoms with E-state index in [1.165, 1.54) is 6.42 Å². The third kappa shape index (κ3) is 2.86. The molecular weight excluding hydrogens is 228 g/mol. The summed E-state index contributed by atoms with van der Waals surface area (Å²) >= 11 is 0. The standard InChI is InChI=1S/C14H26N2O2/c15-9-11-5-1-2-6-12(11)13(18)16-14(10-17)7-3-4-8-14/h11-12,17H,1-10,15H2,(H,16,18). The molecule has 0 heterocycles.